The van der Waals surface area contributed by atoms with Gasteiger partial charge in [0.1, 0.15) is 23.6 Å². The number of carbonyl (C=O) groups is 1. The van der Waals surface area contributed by atoms with Gasteiger partial charge in [-0.1, -0.05) is 6.07 Å². The number of anilines is 3. The second-order valence-corrected chi connectivity index (χ2v) is 10.2. The van der Waals surface area contributed by atoms with Crippen molar-refractivity contribution in [2.75, 3.05) is 21.1 Å². The maximum Gasteiger partial charge on any atom is 0.258 e. The van der Waals surface area contributed by atoms with Crippen LogP contribution in [0, 0.1) is 17.6 Å². The van der Waals surface area contributed by atoms with E-state index < -0.39 is 38.9 Å². The van der Waals surface area contributed by atoms with Gasteiger partial charge in [-0.25, -0.2) is 27.2 Å². The minimum Gasteiger partial charge on any atom is -0.367 e. The highest BCUT2D eigenvalue weighted by Crippen LogP contribution is 2.33. The lowest BCUT2D eigenvalue weighted by Crippen LogP contribution is -2.20. The van der Waals surface area contributed by atoms with Crippen LogP contribution in [0.5, 0.6) is 0 Å². The van der Waals surface area contributed by atoms with E-state index in [2.05, 4.69) is 25.3 Å². The number of fused-ring (bicyclic) bond motifs is 1. The van der Waals surface area contributed by atoms with Gasteiger partial charge in [-0.15, -0.1) is 0 Å². The molecule has 33 heavy (non-hydrogen) atoms. The Morgan fingerprint density at radius 2 is 1.85 bits per heavy atom. The van der Waals surface area contributed by atoms with Crippen molar-refractivity contribution in [2.45, 2.75) is 31.7 Å². The van der Waals surface area contributed by atoms with Crippen molar-refractivity contribution in [2.24, 2.45) is 5.92 Å². The van der Waals surface area contributed by atoms with Crippen LogP contribution in [0.3, 0.4) is 0 Å². The molecule has 2 saturated carbocycles. The molecule has 1 amide bonds. The smallest absolute Gasteiger partial charge is 0.258 e. The van der Waals surface area contributed by atoms with Gasteiger partial charge < -0.3 is 10.6 Å². The predicted molar refractivity (Wildman–Crippen MR) is 121 cm³/mol. The quantitative estimate of drug-likeness (QED) is 0.458. The van der Waals surface area contributed by atoms with Gasteiger partial charge in [0.05, 0.1) is 22.5 Å². The fourth-order valence-corrected chi connectivity index (χ4v) is 5.07. The molecule has 2 aliphatic carbocycles. The van der Waals surface area contributed by atoms with Gasteiger partial charge in [0, 0.05) is 11.4 Å². The molecule has 2 aliphatic rings. The number of sulfonamides is 1. The molecule has 0 spiro atoms. The van der Waals surface area contributed by atoms with Crippen molar-refractivity contribution in [1.29, 1.82) is 0 Å². The van der Waals surface area contributed by atoms with Crippen molar-refractivity contribution in [3.63, 3.8) is 0 Å². The number of nitrogens with one attached hydrogen (secondary N) is 3. The van der Waals surface area contributed by atoms with Crippen LogP contribution in [-0.4, -0.2) is 36.1 Å². The summed E-state index contributed by atoms with van der Waals surface area (Å²) in [6, 6.07) is 7.10. The standard InChI is InChI=1S/C22H21F2N5O3S/c23-16-8-9-17(29-33(31,32)10-12-4-5-12)18(24)20(16)28-22(30)15-3-1-2-14-19(15)25-11-26-21(14)27-13-6-7-13/h1-3,8-9,11-13,29H,4-7,10H2,(H,28,30)(H,25,26,27). The minimum atomic E-state index is -3.79. The first-order chi connectivity index (χ1) is 15.8. The summed E-state index contributed by atoms with van der Waals surface area (Å²) < 4.78 is 56.0. The fourth-order valence-electron chi connectivity index (χ4n) is 3.54. The van der Waals surface area contributed by atoms with Gasteiger partial charge in [-0.05, 0) is 55.9 Å². The molecule has 0 bridgehead atoms. The SMILES string of the molecule is O=C(Nc1c(F)ccc(NS(=O)(=O)CC2CC2)c1F)c1cccc2c(NC3CC3)ncnc12. The third-order valence-electron chi connectivity index (χ3n) is 5.57. The summed E-state index contributed by atoms with van der Waals surface area (Å²) in [6.07, 6.45) is 5.00. The number of para-hydroxylation sites is 1. The second kappa shape index (κ2) is 8.22. The third kappa shape index (κ3) is 4.72. The van der Waals surface area contributed by atoms with E-state index in [1.54, 1.807) is 12.1 Å². The average molecular weight is 474 g/mol. The summed E-state index contributed by atoms with van der Waals surface area (Å²) in [7, 11) is -3.79. The summed E-state index contributed by atoms with van der Waals surface area (Å²) in [5.41, 5.74) is -0.736. The zero-order valence-electron chi connectivity index (χ0n) is 17.4. The number of carbonyl (C=O) groups excluding carboxylic acids is 1. The van der Waals surface area contributed by atoms with E-state index in [1.165, 1.54) is 12.4 Å². The van der Waals surface area contributed by atoms with E-state index in [-0.39, 0.29) is 17.2 Å². The number of halogens is 2. The van der Waals surface area contributed by atoms with Gasteiger partial charge in [-0.3, -0.25) is 9.52 Å². The maximum absolute atomic E-state index is 15.0. The normalized spacial score (nSPS) is 15.9. The number of amides is 1. The van der Waals surface area contributed by atoms with E-state index in [0.29, 0.717) is 22.8 Å². The van der Waals surface area contributed by atoms with Crippen LogP contribution in [0.4, 0.5) is 26.0 Å². The first-order valence-corrected chi connectivity index (χ1v) is 12.3. The molecule has 2 aromatic carbocycles. The van der Waals surface area contributed by atoms with Crippen LogP contribution in [-0.2, 0) is 10.0 Å². The van der Waals surface area contributed by atoms with Crippen LogP contribution in [0.25, 0.3) is 10.9 Å². The monoisotopic (exact) mass is 473 g/mol. The molecule has 5 rings (SSSR count). The van der Waals surface area contributed by atoms with E-state index in [4.69, 9.17) is 0 Å². The first kappa shape index (κ1) is 21.5. The van der Waals surface area contributed by atoms with E-state index in [9.17, 15) is 17.6 Å². The largest absolute Gasteiger partial charge is 0.367 e. The van der Waals surface area contributed by atoms with Gasteiger partial charge in [0.2, 0.25) is 10.0 Å². The predicted octanol–water partition coefficient (Wildman–Crippen LogP) is 3.89. The Balaban J connectivity index is 1.43. The maximum atomic E-state index is 15.0. The zero-order chi connectivity index (χ0) is 23.2. The molecule has 0 atom stereocenters. The molecular formula is C22H21F2N5O3S. The molecule has 1 aromatic heterocycles. The highest BCUT2D eigenvalue weighted by Gasteiger charge is 2.29. The van der Waals surface area contributed by atoms with Crippen LogP contribution in [0.2, 0.25) is 0 Å². The van der Waals surface area contributed by atoms with Gasteiger partial charge >= 0.3 is 0 Å². The molecule has 172 valence electrons. The number of hydrogen-bond acceptors (Lipinski definition) is 6. The van der Waals surface area contributed by atoms with Crippen LogP contribution in [0.1, 0.15) is 36.0 Å². The van der Waals surface area contributed by atoms with Crippen LogP contribution in [0.15, 0.2) is 36.7 Å². The first-order valence-electron chi connectivity index (χ1n) is 10.6. The zero-order valence-corrected chi connectivity index (χ0v) is 18.3. The molecule has 0 unspecified atom stereocenters. The molecule has 11 heteroatoms. The van der Waals surface area contributed by atoms with Crippen molar-refractivity contribution in [1.82, 2.24) is 9.97 Å². The Kier molecular flexibility index (Phi) is 5.35. The molecule has 0 aliphatic heterocycles. The molecular weight excluding hydrogens is 452 g/mol. The Morgan fingerprint density at radius 1 is 1.06 bits per heavy atom. The highest BCUT2D eigenvalue weighted by molar-refractivity contribution is 7.92. The summed E-state index contributed by atoms with van der Waals surface area (Å²) in [4.78, 5) is 21.4. The van der Waals surface area contributed by atoms with E-state index >= 15 is 4.39 Å². The van der Waals surface area contributed by atoms with Gasteiger partial charge in [0.15, 0.2) is 5.82 Å². The molecule has 0 radical (unpaired) electrons. The number of hydrogen-bond donors (Lipinski definition) is 3. The Labute approximate surface area is 188 Å². The Morgan fingerprint density at radius 3 is 2.58 bits per heavy atom. The summed E-state index contributed by atoms with van der Waals surface area (Å²) in [5, 5.41) is 6.12. The Hall–Kier alpha value is -3.34. The topological polar surface area (TPSA) is 113 Å². The molecule has 8 nitrogen and oxygen atoms in total. The fraction of sp³-hybridized carbons (Fsp3) is 0.318. The minimum absolute atomic E-state index is 0.0535. The lowest BCUT2D eigenvalue weighted by molar-refractivity contribution is 0.102. The molecule has 1 heterocycles. The summed E-state index contributed by atoms with van der Waals surface area (Å²) in [5.74, 6) is -2.50. The van der Waals surface area contributed by atoms with Crippen molar-refractivity contribution < 1.29 is 22.0 Å². The van der Waals surface area contributed by atoms with Crippen LogP contribution >= 0.6 is 0 Å². The number of rotatable bonds is 8. The highest BCUT2D eigenvalue weighted by atomic mass is 32.2. The van der Waals surface area contributed by atoms with Crippen molar-refractivity contribution >= 4 is 44.0 Å². The lowest BCUT2D eigenvalue weighted by Gasteiger charge is -2.14. The molecule has 3 N–H and O–H groups in total. The molecule has 0 saturated heterocycles. The molecule has 3 aromatic rings. The number of nitrogens with zero attached hydrogens (tertiary/aromatic N) is 2. The van der Waals surface area contributed by atoms with Crippen molar-refractivity contribution in [3.05, 3.63) is 53.9 Å². The lowest BCUT2D eigenvalue weighted by atomic mass is 10.1. The van der Waals surface area contributed by atoms with E-state index in [0.717, 1.165) is 37.8 Å². The van der Waals surface area contributed by atoms with Crippen molar-refractivity contribution in [3.8, 4) is 0 Å². The molecule has 2 fully saturated rings. The third-order valence-corrected chi connectivity index (χ3v) is 7.02. The van der Waals surface area contributed by atoms with E-state index in [1.807, 2.05) is 0 Å². The average Bonchev–Trinajstić information content (AvgIpc) is 3.70. The summed E-state index contributed by atoms with van der Waals surface area (Å²) in [6.45, 7) is 0. The Bertz CT molecular complexity index is 1360. The van der Waals surface area contributed by atoms with Gasteiger partial charge in [0.25, 0.3) is 5.91 Å². The number of benzene rings is 2. The summed E-state index contributed by atoms with van der Waals surface area (Å²) >= 11 is 0. The number of aromatic nitrogens is 2. The van der Waals surface area contributed by atoms with Crippen LogP contribution < -0.4 is 15.4 Å². The van der Waals surface area contributed by atoms with Gasteiger partial charge in [-0.2, -0.15) is 0 Å². The second-order valence-electron chi connectivity index (χ2n) is 8.41.